The highest BCUT2D eigenvalue weighted by atomic mass is 32.2. The highest BCUT2D eigenvalue weighted by Gasteiger charge is 2.24. The summed E-state index contributed by atoms with van der Waals surface area (Å²) in [4.78, 5) is 25.6. The maximum absolute atomic E-state index is 12.8. The van der Waals surface area contributed by atoms with Crippen molar-refractivity contribution in [2.45, 2.75) is 43.8 Å². The molecule has 1 atom stereocenters. The maximum atomic E-state index is 12.8. The normalized spacial score (nSPS) is 16.1. The lowest BCUT2D eigenvalue weighted by Crippen LogP contribution is -2.26. The lowest BCUT2D eigenvalue weighted by Gasteiger charge is -2.22. The standard InChI is InChI=1S/C20H22N2O2S/c1-4-13-7-6-8-14(5-2)18(13)22-20(24)15-9-10-17-16(11-15)21-19(23)12(3)25-17/h6-12H,4-5H2,1-3H3,(H,21,23)(H,22,24)/t12-/m1/s1. The zero-order valence-corrected chi connectivity index (χ0v) is 15.5. The Morgan fingerprint density at radius 2 is 1.84 bits per heavy atom. The van der Waals surface area contributed by atoms with Crippen LogP contribution in [0.15, 0.2) is 41.3 Å². The molecule has 1 heterocycles. The highest BCUT2D eigenvalue weighted by molar-refractivity contribution is 8.00. The van der Waals surface area contributed by atoms with Crippen molar-refractivity contribution in [2.24, 2.45) is 0 Å². The van der Waals surface area contributed by atoms with Crippen molar-refractivity contribution in [1.29, 1.82) is 0 Å². The van der Waals surface area contributed by atoms with Gasteiger partial charge in [0.2, 0.25) is 5.91 Å². The molecule has 0 spiro atoms. The van der Waals surface area contributed by atoms with E-state index in [2.05, 4.69) is 24.5 Å². The molecule has 0 saturated heterocycles. The number of hydrogen-bond acceptors (Lipinski definition) is 3. The Hall–Kier alpha value is -2.27. The van der Waals surface area contributed by atoms with E-state index in [4.69, 9.17) is 0 Å². The number of amides is 2. The number of fused-ring (bicyclic) bond motifs is 1. The Labute approximate surface area is 152 Å². The van der Waals surface area contributed by atoms with Gasteiger partial charge in [-0.1, -0.05) is 32.0 Å². The number of aryl methyl sites for hydroxylation is 2. The minimum Gasteiger partial charge on any atom is -0.324 e. The summed E-state index contributed by atoms with van der Waals surface area (Å²) in [5.74, 6) is -0.184. The van der Waals surface area contributed by atoms with E-state index >= 15 is 0 Å². The number of anilines is 2. The van der Waals surface area contributed by atoms with Gasteiger partial charge in [-0.15, -0.1) is 11.8 Å². The Balaban J connectivity index is 1.88. The number of carbonyl (C=O) groups excluding carboxylic acids is 2. The van der Waals surface area contributed by atoms with Crippen LogP contribution in [0.5, 0.6) is 0 Å². The quantitative estimate of drug-likeness (QED) is 0.850. The van der Waals surface area contributed by atoms with Gasteiger partial charge in [-0.05, 0) is 49.1 Å². The van der Waals surface area contributed by atoms with Gasteiger partial charge in [0, 0.05) is 16.1 Å². The minimum absolute atomic E-state index is 0.0281. The summed E-state index contributed by atoms with van der Waals surface area (Å²) in [5, 5.41) is 5.82. The topological polar surface area (TPSA) is 58.2 Å². The number of carbonyl (C=O) groups is 2. The van der Waals surface area contributed by atoms with Crippen molar-refractivity contribution in [3.8, 4) is 0 Å². The van der Waals surface area contributed by atoms with E-state index in [0.717, 1.165) is 34.6 Å². The summed E-state index contributed by atoms with van der Waals surface area (Å²) in [6.45, 7) is 6.03. The summed E-state index contributed by atoms with van der Waals surface area (Å²) >= 11 is 1.51. The predicted molar refractivity (Wildman–Crippen MR) is 104 cm³/mol. The van der Waals surface area contributed by atoms with E-state index in [1.807, 2.05) is 37.3 Å². The summed E-state index contributed by atoms with van der Waals surface area (Å²) < 4.78 is 0. The van der Waals surface area contributed by atoms with E-state index in [1.165, 1.54) is 11.8 Å². The first-order valence-electron chi connectivity index (χ1n) is 8.57. The van der Waals surface area contributed by atoms with Crippen molar-refractivity contribution in [3.63, 3.8) is 0 Å². The van der Waals surface area contributed by atoms with Crippen molar-refractivity contribution < 1.29 is 9.59 Å². The molecule has 2 N–H and O–H groups in total. The fourth-order valence-electron chi connectivity index (χ4n) is 2.94. The zero-order valence-electron chi connectivity index (χ0n) is 14.7. The van der Waals surface area contributed by atoms with Crippen LogP contribution in [0.1, 0.15) is 42.3 Å². The fraction of sp³-hybridized carbons (Fsp3) is 0.300. The molecule has 4 nitrogen and oxygen atoms in total. The average Bonchev–Trinajstić information content (AvgIpc) is 2.62. The molecule has 0 aliphatic carbocycles. The molecular formula is C20H22N2O2S. The maximum Gasteiger partial charge on any atom is 0.255 e. The van der Waals surface area contributed by atoms with Crippen molar-refractivity contribution in [2.75, 3.05) is 10.6 Å². The highest BCUT2D eigenvalue weighted by Crippen LogP contribution is 2.36. The van der Waals surface area contributed by atoms with Crippen LogP contribution in [0, 0.1) is 0 Å². The molecule has 0 fully saturated rings. The van der Waals surface area contributed by atoms with Crippen LogP contribution in [0.3, 0.4) is 0 Å². The average molecular weight is 354 g/mol. The Morgan fingerprint density at radius 1 is 1.16 bits per heavy atom. The zero-order chi connectivity index (χ0) is 18.0. The molecule has 2 aromatic carbocycles. The number of rotatable bonds is 4. The largest absolute Gasteiger partial charge is 0.324 e. The van der Waals surface area contributed by atoms with E-state index in [0.29, 0.717) is 11.3 Å². The second-order valence-corrected chi connectivity index (χ2v) is 7.46. The molecule has 130 valence electrons. The van der Waals surface area contributed by atoms with Crippen LogP contribution < -0.4 is 10.6 Å². The Morgan fingerprint density at radius 3 is 2.48 bits per heavy atom. The van der Waals surface area contributed by atoms with E-state index < -0.39 is 0 Å². The molecule has 1 aliphatic rings. The second-order valence-electron chi connectivity index (χ2n) is 6.07. The lowest BCUT2D eigenvalue weighted by molar-refractivity contribution is -0.115. The first-order chi connectivity index (χ1) is 12.0. The van der Waals surface area contributed by atoms with Gasteiger partial charge in [0.25, 0.3) is 5.91 Å². The number of benzene rings is 2. The first-order valence-corrected chi connectivity index (χ1v) is 9.45. The van der Waals surface area contributed by atoms with Gasteiger partial charge in [0.05, 0.1) is 10.9 Å². The molecule has 0 bridgehead atoms. The summed E-state index contributed by atoms with van der Waals surface area (Å²) in [5.41, 5.74) is 4.41. The minimum atomic E-state index is -0.156. The Bertz CT molecular complexity index is 810. The van der Waals surface area contributed by atoms with Gasteiger partial charge in [0.15, 0.2) is 0 Å². The number of para-hydroxylation sites is 1. The van der Waals surface area contributed by atoms with Gasteiger partial charge in [-0.25, -0.2) is 0 Å². The molecule has 2 amide bonds. The first kappa shape index (κ1) is 17.5. The van der Waals surface area contributed by atoms with Crippen LogP contribution in [-0.2, 0) is 17.6 Å². The third-order valence-electron chi connectivity index (χ3n) is 4.41. The second kappa shape index (κ2) is 7.31. The molecule has 3 rings (SSSR count). The molecule has 0 radical (unpaired) electrons. The molecular weight excluding hydrogens is 332 g/mol. The van der Waals surface area contributed by atoms with Gasteiger partial charge >= 0.3 is 0 Å². The molecule has 5 heteroatoms. The molecule has 0 saturated carbocycles. The summed E-state index contributed by atoms with van der Waals surface area (Å²) in [6.07, 6.45) is 1.72. The smallest absolute Gasteiger partial charge is 0.255 e. The van der Waals surface area contributed by atoms with Gasteiger partial charge in [-0.2, -0.15) is 0 Å². The summed E-state index contributed by atoms with van der Waals surface area (Å²) in [7, 11) is 0. The number of thioether (sulfide) groups is 1. The van der Waals surface area contributed by atoms with Crippen LogP contribution in [0.4, 0.5) is 11.4 Å². The van der Waals surface area contributed by atoms with Crippen LogP contribution in [0.2, 0.25) is 0 Å². The summed E-state index contributed by atoms with van der Waals surface area (Å²) in [6, 6.07) is 11.6. The van der Waals surface area contributed by atoms with Gasteiger partial charge in [0.1, 0.15) is 0 Å². The van der Waals surface area contributed by atoms with Crippen LogP contribution in [-0.4, -0.2) is 17.1 Å². The Kier molecular flexibility index (Phi) is 5.13. The van der Waals surface area contributed by atoms with Crippen molar-refractivity contribution >= 4 is 35.0 Å². The third kappa shape index (κ3) is 3.56. The van der Waals surface area contributed by atoms with Crippen LogP contribution >= 0.6 is 11.8 Å². The molecule has 0 aromatic heterocycles. The monoisotopic (exact) mass is 354 g/mol. The number of nitrogens with one attached hydrogen (secondary N) is 2. The van der Waals surface area contributed by atoms with E-state index in [9.17, 15) is 9.59 Å². The molecule has 0 unspecified atom stereocenters. The van der Waals surface area contributed by atoms with Crippen molar-refractivity contribution in [3.05, 3.63) is 53.1 Å². The van der Waals surface area contributed by atoms with E-state index in [-0.39, 0.29) is 17.1 Å². The molecule has 1 aliphatic heterocycles. The van der Waals surface area contributed by atoms with Gasteiger partial charge < -0.3 is 10.6 Å². The molecule has 2 aromatic rings. The van der Waals surface area contributed by atoms with Crippen LogP contribution in [0.25, 0.3) is 0 Å². The SMILES string of the molecule is CCc1cccc(CC)c1NC(=O)c1ccc2c(c1)NC(=O)[C@@H](C)S2. The number of hydrogen-bond donors (Lipinski definition) is 2. The molecule has 25 heavy (non-hydrogen) atoms. The third-order valence-corrected chi connectivity index (χ3v) is 5.59. The predicted octanol–water partition coefficient (Wildman–Crippen LogP) is 4.50. The lowest BCUT2D eigenvalue weighted by atomic mass is 10.0. The van der Waals surface area contributed by atoms with Crippen molar-refractivity contribution in [1.82, 2.24) is 0 Å². The van der Waals surface area contributed by atoms with E-state index in [1.54, 1.807) is 6.07 Å². The fourth-order valence-corrected chi connectivity index (χ4v) is 3.87. The van der Waals surface area contributed by atoms with Gasteiger partial charge in [-0.3, -0.25) is 9.59 Å².